The van der Waals surface area contributed by atoms with Gasteiger partial charge in [-0.1, -0.05) is 31.2 Å². The Bertz CT molecular complexity index is 955. The number of benzene rings is 2. The molecule has 2 saturated heterocycles. The fraction of sp³-hybridized carbons (Fsp3) is 0.348. The highest BCUT2D eigenvalue weighted by Gasteiger charge is 2.37. The first-order chi connectivity index (χ1) is 14.1. The van der Waals surface area contributed by atoms with Gasteiger partial charge in [-0.2, -0.15) is 0 Å². The van der Waals surface area contributed by atoms with Crippen LogP contribution in [0.1, 0.15) is 31.7 Å². The third kappa shape index (κ3) is 3.88. The zero-order valence-electron chi connectivity index (χ0n) is 16.5. The van der Waals surface area contributed by atoms with E-state index in [0.717, 1.165) is 29.8 Å². The summed E-state index contributed by atoms with van der Waals surface area (Å²) in [4.78, 5) is 40.6. The maximum absolute atomic E-state index is 12.7. The van der Waals surface area contributed by atoms with Gasteiger partial charge in [0.15, 0.2) is 0 Å². The maximum Gasteiger partial charge on any atom is 0.316 e. The molecule has 6 nitrogen and oxygen atoms in total. The molecule has 0 bridgehead atoms. The molecule has 0 aromatic heterocycles. The number of para-hydroxylation sites is 1. The van der Waals surface area contributed by atoms with E-state index >= 15 is 0 Å². The number of esters is 1. The molecule has 2 aromatic carbocycles. The lowest BCUT2D eigenvalue weighted by Crippen LogP contribution is -2.28. The van der Waals surface area contributed by atoms with E-state index in [-0.39, 0.29) is 18.2 Å². The largest absolute Gasteiger partial charge is 0.426 e. The fourth-order valence-corrected chi connectivity index (χ4v) is 4.01. The van der Waals surface area contributed by atoms with E-state index in [1.54, 1.807) is 28.0 Å². The van der Waals surface area contributed by atoms with Gasteiger partial charge in [-0.25, -0.2) is 0 Å². The fourth-order valence-electron chi connectivity index (χ4n) is 4.01. The summed E-state index contributed by atoms with van der Waals surface area (Å²) in [5.41, 5.74) is 2.68. The third-order valence-electron chi connectivity index (χ3n) is 5.54. The lowest BCUT2D eigenvalue weighted by atomic mass is 10.1. The van der Waals surface area contributed by atoms with Crippen LogP contribution in [0.2, 0.25) is 0 Å². The molecule has 2 aliphatic heterocycles. The van der Waals surface area contributed by atoms with Crippen molar-refractivity contribution in [1.29, 1.82) is 0 Å². The average Bonchev–Trinajstić information content (AvgIpc) is 3.33. The van der Waals surface area contributed by atoms with Gasteiger partial charge in [0.1, 0.15) is 5.75 Å². The number of aryl methyl sites for hydroxylation is 1. The molecule has 1 atom stereocenters. The zero-order valence-corrected chi connectivity index (χ0v) is 16.5. The van der Waals surface area contributed by atoms with E-state index in [2.05, 4.69) is 0 Å². The van der Waals surface area contributed by atoms with Crippen molar-refractivity contribution >= 4 is 29.2 Å². The van der Waals surface area contributed by atoms with Crippen LogP contribution in [0.15, 0.2) is 48.5 Å². The molecule has 2 heterocycles. The van der Waals surface area contributed by atoms with Crippen molar-refractivity contribution in [3.63, 3.8) is 0 Å². The lowest BCUT2D eigenvalue weighted by Gasteiger charge is -2.20. The van der Waals surface area contributed by atoms with Crippen molar-refractivity contribution in [3.8, 4) is 5.75 Å². The van der Waals surface area contributed by atoms with Gasteiger partial charge in [0.2, 0.25) is 11.8 Å². The number of ether oxygens (including phenoxy) is 1. The Kier molecular flexibility index (Phi) is 5.34. The van der Waals surface area contributed by atoms with Gasteiger partial charge in [0.05, 0.1) is 5.92 Å². The van der Waals surface area contributed by atoms with Gasteiger partial charge < -0.3 is 14.5 Å². The van der Waals surface area contributed by atoms with E-state index in [1.807, 2.05) is 37.3 Å². The minimum Gasteiger partial charge on any atom is -0.426 e. The molecule has 4 rings (SSSR count). The number of hydrogen-bond donors (Lipinski definition) is 0. The smallest absolute Gasteiger partial charge is 0.316 e. The Balaban J connectivity index is 1.46. The predicted molar refractivity (Wildman–Crippen MR) is 110 cm³/mol. The molecule has 0 saturated carbocycles. The summed E-state index contributed by atoms with van der Waals surface area (Å²) in [5, 5.41) is 0. The van der Waals surface area contributed by atoms with Crippen molar-refractivity contribution in [2.24, 2.45) is 5.92 Å². The maximum atomic E-state index is 12.7. The molecule has 2 aromatic rings. The van der Waals surface area contributed by atoms with E-state index in [9.17, 15) is 14.4 Å². The first-order valence-corrected chi connectivity index (χ1v) is 10.1. The van der Waals surface area contributed by atoms with Gasteiger partial charge in [-0.15, -0.1) is 0 Å². The molecular formula is C23H24N2O4. The molecular weight excluding hydrogens is 368 g/mol. The van der Waals surface area contributed by atoms with Crippen LogP contribution in [0, 0.1) is 5.92 Å². The number of nitrogens with zero attached hydrogens (tertiary/aromatic N) is 2. The molecule has 150 valence electrons. The summed E-state index contributed by atoms with van der Waals surface area (Å²) in [6.45, 7) is 3.04. The first-order valence-electron chi connectivity index (χ1n) is 10.1. The second-order valence-electron chi connectivity index (χ2n) is 7.46. The number of anilines is 2. The van der Waals surface area contributed by atoms with Gasteiger partial charge in [0.25, 0.3) is 0 Å². The Morgan fingerprint density at radius 1 is 1.07 bits per heavy atom. The van der Waals surface area contributed by atoms with Crippen LogP contribution >= 0.6 is 0 Å². The minimum atomic E-state index is -0.510. The number of hydrogen-bond acceptors (Lipinski definition) is 4. The molecule has 1 unspecified atom stereocenters. The van der Waals surface area contributed by atoms with Crippen LogP contribution < -0.4 is 14.5 Å². The standard InChI is InChI=1S/C23H24N2O4/c1-2-16-7-3-4-10-20(16)25-15-17(13-22(25)27)23(28)29-19-9-5-8-18(14-19)24-12-6-11-21(24)26/h3-5,7-10,14,17H,2,6,11-13,15H2,1H3. The van der Waals surface area contributed by atoms with Crippen LogP contribution in [0.25, 0.3) is 0 Å². The van der Waals surface area contributed by atoms with Gasteiger partial charge in [0, 0.05) is 43.4 Å². The lowest BCUT2D eigenvalue weighted by molar-refractivity contribution is -0.139. The van der Waals surface area contributed by atoms with Crippen LogP contribution in [0.4, 0.5) is 11.4 Å². The van der Waals surface area contributed by atoms with Crippen LogP contribution in [0.5, 0.6) is 5.75 Å². The highest BCUT2D eigenvalue weighted by atomic mass is 16.5. The average molecular weight is 392 g/mol. The Morgan fingerprint density at radius 3 is 2.66 bits per heavy atom. The molecule has 0 radical (unpaired) electrons. The van der Waals surface area contributed by atoms with E-state index in [4.69, 9.17) is 4.74 Å². The number of carbonyl (C=O) groups is 3. The molecule has 0 N–H and O–H groups in total. The second kappa shape index (κ2) is 8.07. The topological polar surface area (TPSA) is 66.9 Å². The van der Waals surface area contributed by atoms with E-state index in [1.165, 1.54) is 0 Å². The molecule has 0 spiro atoms. The molecule has 2 aliphatic rings. The number of carbonyl (C=O) groups excluding carboxylic acids is 3. The van der Waals surface area contributed by atoms with Crippen molar-refractivity contribution in [2.75, 3.05) is 22.9 Å². The monoisotopic (exact) mass is 392 g/mol. The van der Waals surface area contributed by atoms with Crippen molar-refractivity contribution < 1.29 is 19.1 Å². The Labute approximate surface area is 170 Å². The molecule has 2 fully saturated rings. The van der Waals surface area contributed by atoms with Crippen molar-refractivity contribution in [2.45, 2.75) is 32.6 Å². The third-order valence-corrected chi connectivity index (χ3v) is 5.54. The summed E-state index contributed by atoms with van der Waals surface area (Å²) in [5.74, 6) is -0.513. The summed E-state index contributed by atoms with van der Waals surface area (Å²) >= 11 is 0. The van der Waals surface area contributed by atoms with Gasteiger partial charge in [-0.3, -0.25) is 14.4 Å². The molecule has 29 heavy (non-hydrogen) atoms. The highest BCUT2D eigenvalue weighted by molar-refractivity contribution is 6.00. The van der Waals surface area contributed by atoms with E-state index < -0.39 is 11.9 Å². The molecule has 0 aliphatic carbocycles. The summed E-state index contributed by atoms with van der Waals surface area (Å²) in [6.07, 6.45) is 2.34. The number of rotatable bonds is 5. The summed E-state index contributed by atoms with van der Waals surface area (Å²) in [6, 6.07) is 14.8. The molecule has 2 amide bonds. The highest BCUT2D eigenvalue weighted by Crippen LogP contribution is 2.30. The van der Waals surface area contributed by atoms with Crippen LogP contribution in [0.3, 0.4) is 0 Å². The molecule has 6 heteroatoms. The minimum absolute atomic E-state index is 0.0655. The Hall–Kier alpha value is -3.15. The van der Waals surface area contributed by atoms with Crippen LogP contribution in [-0.4, -0.2) is 30.9 Å². The van der Waals surface area contributed by atoms with E-state index in [0.29, 0.717) is 25.3 Å². The van der Waals surface area contributed by atoms with Gasteiger partial charge >= 0.3 is 5.97 Å². The van der Waals surface area contributed by atoms with Gasteiger partial charge in [-0.05, 0) is 36.6 Å². The Morgan fingerprint density at radius 2 is 1.90 bits per heavy atom. The summed E-state index contributed by atoms with van der Waals surface area (Å²) in [7, 11) is 0. The zero-order chi connectivity index (χ0) is 20.4. The second-order valence-corrected chi connectivity index (χ2v) is 7.46. The normalized spacial score (nSPS) is 19.1. The summed E-state index contributed by atoms with van der Waals surface area (Å²) < 4.78 is 5.57. The predicted octanol–water partition coefficient (Wildman–Crippen LogP) is 3.33. The quantitative estimate of drug-likeness (QED) is 0.578. The van der Waals surface area contributed by atoms with Crippen LogP contribution in [-0.2, 0) is 20.8 Å². The first kappa shape index (κ1) is 19.2. The van der Waals surface area contributed by atoms with Crippen molar-refractivity contribution in [3.05, 3.63) is 54.1 Å². The van der Waals surface area contributed by atoms with Crippen molar-refractivity contribution in [1.82, 2.24) is 0 Å². The number of amides is 2. The SMILES string of the molecule is CCc1ccccc1N1CC(C(=O)Oc2cccc(N3CCCC3=O)c2)CC1=O.